The lowest BCUT2D eigenvalue weighted by Gasteiger charge is -2.16. The summed E-state index contributed by atoms with van der Waals surface area (Å²) in [6.07, 6.45) is 0.143. The summed E-state index contributed by atoms with van der Waals surface area (Å²) in [6.45, 7) is 6.66. The van der Waals surface area contributed by atoms with Gasteiger partial charge in [0.05, 0.1) is 11.0 Å². The Morgan fingerprint density at radius 1 is 1.32 bits per heavy atom. The van der Waals surface area contributed by atoms with Crippen LogP contribution in [0, 0.1) is 10.1 Å². The molecule has 0 aliphatic rings. The van der Waals surface area contributed by atoms with Crippen molar-refractivity contribution in [3.8, 4) is 5.75 Å². The standard InChI is InChI=1S/C16H20N2O3S/c1-11(2)21-15-6-4-5-14(8-15)12(3)17-9-13-7-16(18(19)20)22-10-13/h4-8,10-12,17H,9H2,1-3H3. The van der Waals surface area contributed by atoms with Crippen LogP contribution in [0.3, 0.4) is 0 Å². The number of hydrogen-bond acceptors (Lipinski definition) is 5. The molecule has 1 aromatic heterocycles. The van der Waals surface area contributed by atoms with Crippen molar-refractivity contribution < 1.29 is 9.66 Å². The van der Waals surface area contributed by atoms with E-state index in [1.165, 1.54) is 0 Å². The van der Waals surface area contributed by atoms with Crippen LogP contribution in [0.1, 0.15) is 37.9 Å². The number of ether oxygens (including phenoxy) is 1. The lowest BCUT2D eigenvalue weighted by atomic mass is 10.1. The van der Waals surface area contributed by atoms with Gasteiger partial charge in [-0.05, 0) is 44.0 Å². The fourth-order valence-corrected chi connectivity index (χ4v) is 2.80. The number of thiophene rings is 1. The van der Waals surface area contributed by atoms with Crippen molar-refractivity contribution >= 4 is 16.3 Å². The van der Waals surface area contributed by atoms with Gasteiger partial charge < -0.3 is 10.1 Å². The van der Waals surface area contributed by atoms with E-state index in [0.717, 1.165) is 28.2 Å². The molecule has 1 atom stereocenters. The van der Waals surface area contributed by atoms with E-state index in [-0.39, 0.29) is 22.1 Å². The summed E-state index contributed by atoms with van der Waals surface area (Å²) < 4.78 is 5.70. The van der Waals surface area contributed by atoms with E-state index in [9.17, 15) is 10.1 Å². The molecule has 0 bridgehead atoms. The number of nitrogens with zero attached hydrogens (tertiary/aromatic N) is 1. The molecule has 2 rings (SSSR count). The summed E-state index contributed by atoms with van der Waals surface area (Å²) in [6, 6.07) is 9.73. The van der Waals surface area contributed by atoms with Gasteiger partial charge in [-0.2, -0.15) is 0 Å². The molecule has 0 saturated heterocycles. The predicted molar refractivity (Wildman–Crippen MR) is 88.4 cm³/mol. The molecule has 118 valence electrons. The van der Waals surface area contributed by atoms with Gasteiger partial charge >= 0.3 is 5.00 Å². The first-order valence-electron chi connectivity index (χ1n) is 7.17. The number of benzene rings is 1. The van der Waals surface area contributed by atoms with Gasteiger partial charge in [-0.1, -0.05) is 23.5 Å². The van der Waals surface area contributed by atoms with E-state index in [1.807, 2.05) is 43.5 Å². The molecule has 5 nitrogen and oxygen atoms in total. The molecular weight excluding hydrogens is 300 g/mol. The summed E-state index contributed by atoms with van der Waals surface area (Å²) in [5, 5.41) is 16.1. The fraction of sp³-hybridized carbons (Fsp3) is 0.375. The SMILES string of the molecule is CC(C)Oc1cccc(C(C)NCc2csc([N+](=O)[O-])c2)c1. The van der Waals surface area contributed by atoms with Gasteiger partial charge in [-0.15, -0.1) is 0 Å². The van der Waals surface area contributed by atoms with Crippen molar-refractivity contribution in [3.05, 3.63) is 57.0 Å². The van der Waals surface area contributed by atoms with Crippen LogP contribution in [0.2, 0.25) is 0 Å². The molecule has 0 radical (unpaired) electrons. The van der Waals surface area contributed by atoms with Crippen LogP contribution >= 0.6 is 11.3 Å². The minimum atomic E-state index is -0.357. The summed E-state index contributed by atoms with van der Waals surface area (Å²) in [5.74, 6) is 0.854. The maximum atomic E-state index is 10.7. The van der Waals surface area contributed by atoms with Crippen LogP contribution in [0.15, 0.2) is 35.7 Å². The third-order valence-corrected chi connectivity index (χ3v) is 4.09. The third kappa shape index (κ3) is 4.54. The van der Waals surface area contributed by atoms with Crippen molar-refractivity contribution in [2.45, 2.75) is 39.5 Å². The van der Waals surface area contributed by atoms with E-state index < -0.39 is 0 Å². The maximum absolute atomic E-state index is 10.7. The van der Waals surface area contributed by atoms with E-state index in [2.05, 4.69) is 12.2 Å². The summed E-state index contributed by atoms with van der Waals surface area (Å²) in [4.78, 5) is 10.3. The largest absolute Gasteiger partial charge is 0.491 e. The average molecular weight is 320 g/mol. The highest BCUT2D eigenvalue weighted by molar-refractivity contribution is 7.13. The molecule has 0 spiro atoms. The van der Waals surface area contributed by atoms with Crippen molar-refractivity contribution in [2.24, 2.45) is 0 Å². The number of nitrogens with one attached hydrogen (secondary N) is 1. The van der Waals surface area contributed by atoms with Gasteiger partial charge in [-0.25, -0.2) is 0 Å². The fourth-order valence-electron chi connectivity index (χ4n) is 2.07. The van der Waals surface area contributed by atoms with Crippen molar-refractivity contribution in [1.82, 2.24) is 5.32 Å². The zero-order chi connectivity index (χ0) is 16.1. The minimum absolute atomic E-state index is 0.134. The number of nitro groups is 1. The Bertz CT molecular complexity index is 640. The molecular formula is C16H20N2O3S. The second kappa shape index (κ2) is 7.38. The van der Waals surface area contributed by atoms with Crippen LogP contribution in [0.25, 0.3) is 0 Å². The number of hydrogen-bond donors (Lipinski definition) is 1. The second-order valence-corrected chi connectivity index (χ2v) is 6.28. The second-order valence-electron chi connectivity index (χ2n) is 5.39. The highest BCUT2D eigenvalue weighted by Gasteiger charge is 2.11. The summed E-state index contributed by atoms with van der Waals surface area (Å²) >= 11 is 1.16. The van der Waals surface area contributed by atoms with Crippen LogP contribution in [-0.2, 0) is 6.54 Å². The molecule has 0 aliphatic heterocycles. The highest BCUT2D eigenvalue weighted by atomic mass is 32.1. The minimum Gasteiger partial charge on any atom is -0.491 e. The van der Waals surface area contributed by atoms with Crippen molar-refractivity contribution in [2.75, 3.05) is 0 Å². The lowest BCUT2D eigenvalue weighted by Crippen LogP contribution is -2.18. The van der Waals surface area contributed by atoms with Crippen LogP contribution in [-0.4, -0.2) is 11.0 Å². The van der Waals surface area contributed by atoms with Gasteiger partial charge in [0, 0.05) is 24.0 Å². The first kappa shape index (κ1) is 16.5. The van der Waals surface area contributed by atoms with E-state index >= 15 is 0 Å². The van der Waals surface area contributed by atoms with Crippen LogP contribution in [0.4, 0.5) is 5.00 Å². The molecule has 22 heavy (non-hydrogen) atoms. The van der Waals surface area contributed by atoms with Crippen LogP contribution in [0.5, 0.6) is 5.75 Å². The smallest absolute Gasteiger partial charge is 0.324 e. The molecule has 0 amide bonds. The molecule has 1 heterocycles. The van der Waals surface area contributed by atoms with Gasteiger partial charge in [0.2, 0.25) is 0 Å². The van der Waals surface area contributed by atoms with Gasteiger partial charge in [-0.3, -0.25) is 10.1 Å². The Hall–Kier alpha value is -1.92. The maximum Gasteiger partial charge on any atom is 0.324 e. The lowest BCUT2D eigenvalue weighted by molar-refractivity contribution is -0.380. The predicted octanol–water partition coefficient (Wildman–Crippen LogP) is 4.29. The number of rotatable bonds is 7. The Balaban J connectivity index is 1.96. The van der Waals surface area contributed by atoms with Crippen molar-refractivity contribution in [3.63, 3.8) is 0 Å². The monoisotopic (exact) mass is 320 g/mol. The van der Waals surface area contributed by atoms with E-state index in [1.54, 1.807) is 6.07 Å². The molecule has 1 unspecified atom stereocenters. The third-order valence-electron chi connectivity index (χ3n) is 3.16. The Morgan fingerprint density at radius 2 is 2.09 bits per heavy atom. The zero-order valence-electron chi connectivity index (χ0n) is 12.9. The highest BCUT2D eigenvalue weighted by Crippen LogP contribution is 2.24. The van der Waals surface area contributed by atoms with E-state index in [0.29, 0.717) is 6.54 Å². The Morgan fingerprint density at radius 3 is 2.73 bits per heavy atom. The molecule has 0 aliphatic carbocycles. The molecule has 2 aromatic rings. The quantitative estimate of drug-likeness (QED) is 0.610. The van der Waals surface area contributed by atoms with Gasteiger partial charge in [0.1, 0.15) is 5.75 Å². The van der Waals surface area contributed by atoms with Crippen molar-refractivity contribution in [1.29, 1.82) is 0 Å². The summed E-state index contributed by atoms with van der Waals surface area (Å²) in [5.41, 5.74) is 2.06. The first-order chi connectivity index (χ1) is 10.5. The molecule has 1 N–H and O–H groups in total. The molecule has 0 fully saturated rings. The molecule has 1 aromatic carbocycles. The normalized spacial score (nSPS) is 12.4. The Labute approximate surface area is 134 Å². The first-order valence-corrected chi connectivity index (χ1v) is 8.05. The van der Waals surface area contributed by atoms with E-state index in [4.69, 9.17) is 4.74 Å². The molecule has 6 heteroatoms. The summed E-state index contributed by atoms with van der Waals surface area (Å²) in [7, 11) is 0. The molecule has 0 saturated carbocycles. The van der Waals surface area contributed by atoms with Crippen LogP contribution < -0.4 is 10.1 Å². The van der Waals surface area contributed by atoms with Gasteiger partial charge in [0.25, 0.3) is 0 Å². The Kier molecular flexibility index (Phi) is 5.51. The van der Waals surface area contributed by atoms with Gasteiger partial charge in [0.15, 0.2) is 0 Å². The topological polar surface area (TPSA) is 64.4 Å². The zero-order valence-corrected chi connectivity index (χ0v) is 13.7. The average Bonchev–Trinajstić information content (AvgIpc) is 2.93.